The molecule has 0 spiro atoms. The fraction of sp³-hybridized carbons (Fsp3) is 0.263. The first kappa shape index (κ1) is 17.0. The number of amides is 1. The number of fused-ring (bicyclic) bond motifs is 1. The average molecular weight is 372 g/mol. The lowest BCUT2D eigenvalue weighted by Gasteiger charge is -2.39. The molecule has 134 valence electrons. The number of carbonyl (C=O) groups excluding carboxylic acids is 1. The van der Waals surface area contributed by atoms with Crippen LogP contribution in [0.5, 0.6) is 0 Å². The first-order valence-electron chi connectivity index (χ1n) is 8.32. The van der Waals surface area contributed by atoms with Crippen molar-refractivity contribution in [1.29, 1.82) is 0 Å². The summed E-state index contributed by atoms with van der Waals surface area (Å²) in [4.78, 5) is 17.3. The monoisotopic (exact) mass is 371 g/mol. The Balaban J connectivity index is 1.68. The van der Waals surface area contributed by atoms with Gasteiger partial charge in [-0.2, -0.15) is 0 Å². The van der Waals surface area contributed by atoms with E-state index in [2.05, 4.69) is 10.3 Å². The Morgan fingerprint density at radius 1 is 1.31 bits per heavy atom. The zero-order valence-electron chi connectivity index (χ0n) is 14.0. The third kappa shape index (κ3) is 2.96. The highest BCUT2D eigenvalue weighted by Crippen LogP contribution is 2.28. The largest absolute Gasteiger partial charge is 0.396 e. The number of ether oxygens (including phenoxy) is 1. The standard InChI is InChI=1S/C19H18ClN3O3/c20-14-5-3-4-13(8-14)16-15-6-1-2-7-23(15)17(22-16)18(25)21-9-19(10-24)11-26-12-19/h1-8,24H,9-12H2,(H,21,25). The minimum absolute atomic E-state index is 0.0244. The van der Waals surface area contributed by atoms with Gasteiger partial charge in [0.15, 0.2) is 0 Å². The highest BCUT2D eigenvalue weighted by atomic mass is 35.5. The van der Waals surface area contributed by atoms with E-state index in [0.29, 0.717) is 36.3 Å². The van der Waals surface area contributed by atoms with Gasteiger partial charge in [-0.05, 0) is 24.3 Å². The van der Waals surface area contributed by atoms with Crippen LogP contribution in [0.15, 0.2) is 48.7 Å². The number of benzene rings is 1. The number of aromatic nitrogens is 2. The van der Waals surface area contributed by atoms with Crippen molar-refractivity contribution in [2.75, 3.05) is 26.4 Å². The number of imidazole rings is 1. The van der Waals surface area contributed by atoms with E-state index in [1.165, 1.54) is 0 Å². The zero-order chi connectivity index (χ0) is 18.1. The van der Waals surface area contributed by atoms with Crippen molar-refractivity contribution in [3.63, 3.8) is 0 Å². The van der Waals surface area contributed by atoms with E-state index >= 15 is 0 Å². The van der Waals surface area contributed by atoms with Crippen LogP contribution < -0.4 is 5.32 Å². The Morgan fingerprint density at radius 2 is 2.15 bits per heavy atom. The van der Waals surface area contributed by atoms with E-state index in [9.17, 15) is 9.90 Å². The van der Waals surface area contributed by atoms with Crippen molar-refractivity contribution in [2.45, 2.75) is 0 Å². The third-order valence-corrected chi connectivity index (χ3v) is 4.86. The number of aliphatic hydroxyl groups is 1. The summed E-state index contributed by atoms with van der Waals surface area (Å²) in [5.41, 5.74) is 1.98. The van der Waals surface area contributed by atoms with Gasteiger partial charge in [0, 0.05) is 23.3 Å². The van der Waals surface area contributed by atoms with Gasteiger partial charge in [-0.15, -0.1) is 0 Å². The van der Waals surface area contributed by atoms with Crippen molar-refractivity contribution in [1.82, 2.24) is 14.7 Å². The minimum atomic E-state index is -0.390. The first-order valence-corrected chi connectivity index (χ1v) is 8.70. The zero-order valence-corrected chi connectivity index (χ0v) is 14.7. The summed E-state index contributed by atoms with van der Waals surface area (Å²) >= 11 is 6.10. The lowest BCUT2D eigenvalue weighted by Crippen LogP contribution is -2.53. The van der Waals surface area contributed by atoms with Gasteiger partial charge in [0.1, 0.15) is 0 Å². The molecule has 0 saturated carbocycles. The molecule has 0 unspecified atom stereocenters. The molecule has 2 aromatic heterocycles. The lowest BCUT2D eigenvalue weighted by molar-refractivity contribution is -0.133. The summed E-state index contributed by atoms with van der Waals surface area (Å²) in [5, 5.41) is 13.0. The number of nitrogens with one attached hydrogen (secondary N) is 1. The van der Waals surface area contributed by atoms with E-state index in [1.807, 2.05) is 36.4 Å². The number of hydrogen-bond donors (Lipinski definition) is 2. The van der Waals surface area contributed by atoms with Crippen LogP contribution in [0.25, 0.3) is 16.8 Å². The molecule has 1 aromatic carbocycles. The SMILES string of the molecule is O=C(NCC1(CO)COC1)c1nc(-c2cccc(Cl)c2)c2ccccn12. The van der Waals surface area contributed by atoms with Gasteiger partial charge >= 0.3 is 0 Å². The number of halogens is 1. The molecule has 3 aromatic rings. The molecule has 2 N–H and O–H groups in total. The van der Waals surface area contributed by atoms with Crippen molar-refractivity contribution in [3.8, 4) is 11.3 Å². The maximum atomic E-state index is 12.7. The van der Waals surface area contributed by atoms with E-state index < -0.39 is 5.41 Å². The molecule has 3 heterocycles. The van der Waals surface area contributed by atoms with Gasteiger partial charge in [-0.1, -0.05) is 29.8 Å². The molecule has 6 nitrogen and oxygen atoms in total. The molecule has 7 heteroatoms. The van der Waals surface area contributed by atoms with Gasteiger partial charge in [0.2, 0.25) is 5.82 Å². The first-order chi connectivity index (χ1) is 12.6. The Bertz CT molecular complexity index is 960. The molecular formula is C19H18ClN3O3. The van der Waals surface area contributed by atoms with Gasteiger partial charge in [-0.3, -0.25) is 9.20 Å². The van der Waals surface area contributed by atoms with E-state index in [1.54, 1.807) is 16.7 Å². The summed E-state index contributed by atoms with van der Waals surface area (Å²) in [6, 6.07) is 13.1. The molecule has 1 fully saturated rings. The number of aliphatic hydroxyl groups excluding tert-OH is 1. The molecule has 0 aliphatic carbocycles. The highest BCUT2D eigenvalue weighted by molar-refractivity contribution is 6.30. The number of carbonyl (C=O) groups is 1. The van der Waals surface area contributed by atoms with Gasteiger partial charge < -0.3 is 15.2 Å². The normalized spacial score (nSPS) is 15.6. The number of hydrogen-bond acceptors (Lipinski definition) is 4. The fourth-order valence-electron chi connectivity index (χ4n) is 3.03. The summed E-state index contributed by atoms with van der Waals surface area (Å²) < 4.78 is 6.92. The van der Waals surface area contributed by atoms with E-state index in [0.717, 1.165) is 11.1 Å². The number of nitrogens with zero attached hydrogens (tertiary/aromatic N) is 2. The molecule has 0 atom stereocenters. The van der Waals surface area contributed by atoms with Crippen LogP contribution in [0.3, 0.4) is 0 Å². The van der Waals surface area contributed by atoms with Gasteiger partial charge in [0.25, 0.3) is 5.91 Å². The molecule has 1 aliphatic rings. The minimum Gasteiger partial charge on any atom is -0.396 e. The van der Waals surface area contributed by atoms with Crippen LogP contribution in [0.1, 0.15) is 10.6 Å². The molecule has 1 amide bonds. The van der Waals surface area contributed by atoms with Gasteiger partial charge in [0.05, 0.1) is 36.4 Å². The van der Waals surface area contributed by atoms with Crippen LogP contribution in [0.4, 0.5) is 0 Å². The van der Waals surface area contributed by atoms with E-state index in [-0.39, 0.29) is 12.5 Å². The lowest BCUT2D eigenvalue weighted by atomic mass is 9.87. The van der Waals surface area contributed by atoms with Crippen molar-refractivity contribution in [2.24, 2.45) is 5.41 Å². The number of pyridine rings is 1. The van der Waals surface area contributed by atoms with E-state index in [4.69, 9.17) is 16.3 Å². The Kier molecular flexibility index (Phi) is 4.40. The van der Waals surface area contributed by atoms with Crippen LogP contribution >= 0.6 is 11.6 Å². The molecular weight excluding hydrogens is 354 g/mol. The quantitative estimate of drug-likeness (QED) is 0.722. The molecule has 4 rings (SSSR count). The Morgan fingerprint density at radius 3 is 2.85 bits per heavy atom. The van der Waals surface area contributed by atoms with Crippen molar-refractivity contribution < 1.29 is 14.6 Å². The highest BCUT2D eigenvalue weighted by Gasteiger charge is 2.38. The molecule has 26 heavy (non-hydrogen) atoms. The maximum absolute atomic E-state index is 12.7. The third-order valence-electron chi connectivity index (χ3n) is 4.63. The van der Waals surface area contributed by atoms with Gasteiger partial charge in [-0.25, -0.2) is 4.98 Å². The smallest absolute Gasteiger partial charge is 0.287 e. The second kappa shape index (κ2) is 6.72. The topological polar surface area (TPSA) is 75.9 Å². The second-order valence-corrected chi connectivity index (χ2v) is 7.02. The average Bonchev–Trinajstić information content (AvgIpc) is 3.01. The van der Waals surface area contributed by atoms with Crippen LogP contribution in [-0.4, -0.2) is 46.8 Å². The molecule has 1 saturated heterocycles. The van der Waals surface area contributed by atoms with Crippen LogP contribution in [-0.2, 0) is 4.74 Å². The predicted octanol–water partition coefficient (Wildman–Crippen LogP) is 2.39. The second-order valence-electron chi connectivity index (χ2n) is 6.58. The molecule has 1 aliphatic heterocycles. The summed E-state index contributed by atoms with van der Waals surface area (Å²) in [6.07, 6.45) is 1.81. The van der Waals surface area contributed by atoms with Crippen molar-refractivity contribution in [3.05, 3.63) is 59.5 Å². The fourth-order valence-corrected chi connectivity index (χ4v) is 3.22. The summed E-state index contributed by atoms with van der Waals surface area (Å²) in [6.45, 7) is 1.21. The summed E-state index contributed by atoms with van der Waals surface area (Å²) in [7, 11) is 0. The number of rotatable bonds is 5. The molecule has 0 bridgehead atoms. The Hall–Kier alpha value is -2.41. The summed E-state index contributed by atoms with van der Waals surface area (Å²) in [5.74, 6) is 0.00288. The maximum Gasteiger partial charge on any atom is 0.287 e. The molecule has 0 radical (unpaired) electrons. The predicted molar refractivity (Wildman–Crippen MR) is 98.3 cm³/mol. The van der Waals surface area contributed by atoms with Crippen molar-refractivity contribution >= 4 is 23.0 Å². The van der Waals surface area contributed by atoms with Crippen LogP contribution in [0.2, 0.25) is 5.02 Å². The Labute approximate surface area is 155 Å². The van der Waals surface area contributed by atoms with Crippen LogP contribution in [0, 0.1) is 5.41 Å².